The highest BCUT2D eigenvalue weighted by Crippen LogP contribution is 2.59. The predicted octanol–water partition coefficient (Wildman–Crippen LogP) is 3.10. The van der Waals surface area contributed by atoms with Crippen LogP contribution >= 0.6 is 10.4 Å². The number of hydrogen-bond acceptors (Lipinski definition) is 2. The SMILES string of the molecule is C=CS(C=C)(N1CCCC1)N1CCCC1. The van der Waals surface area contributed by atoms with E-state index < -0.39 is 10.4 Å². The minimum absolute atomic E-state index is 1.03. The summed E-state index contributed by atoms with van der Waals surface area (Å²) in [7, 11) is -1.03. The van der Waals surface area contributed by atoms with Gasteiger partial charge in [0.1, 0.15) is 0 Å². The zero-order valence-corrected chi connectivity index (χ0v) is 10.3. The second-order valence-electron chi connectivity index (χ2n) is 4.24. The lowest BCUT2D eigenvalue weighted by Crippen LogP contribution is -2.34. The van der Waals surface area contributed by atoms with Gasteiger partial charge in [-0.2, -0.15) is 0 Å². The van der Waals surface area contributed by atoms with E-state index in [0.717, 1.165) is 0 Å². The third-order valence-electron chi connectivity index (χ3n) is 3.45. The summed E-state index contributed by atoms with van der Waals surface area (Å²) >= 11 is 0. The van der Waals surface area contributed by atoms with Crippen LogP contribution < -0.4 is 0 Å². The van der Waals surface area contributed by atoms with Crippen LogP contribution in [0.5, 0.6) is 0 Å². The van der Waals surface area contributed by atoms with Gasteiger partial charge in [0, 0.05) is 26.2 Å². The van der Waals surface area contributed by atoms with E-state index in [4.69, 9.17) is 0 Å². The summed E-state index contributed by atoms with van der Waals surface area (Å²) in [6.45, 7) is 13.1. The largest absolute Gasteiger partial charge is 0.250 e. The Bertz CT molecular complexity index is 214. The Morgan fingerprint density at radius 2 is 1.07 bits per heavy atom. The van der Waals surface area contributed by atoms with Crippen LogP contribution in [0.4, 0.5) is 0 Å². The van der Waals surface area contributed by atoms with Crippen LogP contribution in [0.2, 0.25) is 0 Å². The van der Waals surface area contributed by atoms with Crippen LogP contribution in [0.15, 0.2) is 24.0 Å². The third-order valence-corrected chi connectivity index (χ3v) is 6.81. The van der Waals surface area contributed by atoms with E-state index in [1.807, 2.05) is 0 Å². The normalized spacial score (nSPS) is 25.6. The number of nitrogens with zero attached hydrogens (tertiary/aromatic N) is 2. The van der Waals surface area contributed by atoms with E-state index in [1.54, 1.807) is 0 Å². The van der Waals surface area contributed by atoms with Gasteiger partial charge < -0.3 is 0 Å². The maximum absolute atomic E-state index is 4.08. The molecule has 2 rings (SSSR count). The van der Waals surface area contributed by atoms with Crippen molar-refractivity contribution in [1.29, 1.82) is 0 Å². The van der Waals surface area contributed by atoms with Gasteiger partial charge >= 0.3 is 0 Å². The van der Waals surface area contributed by atoms with Crippen molar-refractivity contribution in [2.75, 3.05) is 26.2 Å². The first-order valence-electron chi connectivity index (χ1n) is 5.92. The van der Waals surface area contributed by atoms with Crippen LogP contribution in [-0.2, 0) is 0 Å². The van der Waals surface area contributed by atoms with E-state index in [0.29, 0.717) is 0 Å². The summed E-state index contributed by atoms with van der Waals surface area (Å²) in [4.78, 5) is 0. The Kier molecular flexibility index (Phi) is 3.54. The van der Waals surface area contributed by atoms with Gasteiger partial charge in [-0.15, -0.1) is 0 Å². The lowest BCUT2D eigenvalue weighted by Gasteiger charge is -2.48. The van der Waals surface area contributed by atoms with E-state index in [9.17, 15) is 0 Å². The van der Waals surface area contributed by atoms with Gasteiger partial charge in [0.05, 0.1) is 0 Å². The first-order valence-corrected chi connectivity index (χ1v) is 7.59. The maximum Gasteiger partial charge on any atom is 0.00917 e. The maximum atomic E-state index is 4.08. The Morgan fingerprint density at radius 3 is 1.33 bits per heavy atom. The Morgan fingerprint density at radius 1 is 0.733 bits per heavy atom. The van der Waals surface area contributed by atoms with Gasteiger partial charge in [0.2, 0.25) is 0 Å². The molecule has 0 amide bonds. The predicted molar refractivity (Wildman–Crippen MR) is 69.6 cm³/mol. The van der Waals surface area contributed by atoms with Crippen LogP contribution in [0.25, 0.3) is 0 Å². The van der Waals surface area contributed by atoms with Crippen molar-refractivity contribution in [1.82, 2.24) is 8.61 Å². The molecule has 2 saturated heterocycles. The van der Waals surface area contributed by atoms with Crippen molar-refractivity contribution in [2.45, 2.75) is 25.7 Å². The van der Waals surface area contributed by atoms with Crippen LogP contribution in [-0.4, -0.2) is 34.8 Å². The van der Waals surface area contributed by atoms with E-state index in [1.165, 1.54) is 51.9 Å². The average molecular weight is 226 g/mol. The van der Waals surface area contributed by atoms with E-state index >= 15 is 0 Å². The first-order chi connectivity index (χ1) is 7.33. The molecule has 0 aromatic heterocycles. The molecule has 0 aromatic carbocycles. The van der Waals surface area contributed by atoms with Gasteiger partial charge in [-0.25, -0.2) is 8.61 Å². The second kappa shape index (κ2) is 4.73. The van der Waals surface area contributed by atoms with Gasteiger partial charge in [0.25, 0.3) is 0 Å². The quantitative estimate of drug-likeness (QED) is 0.727. The lowest BCUT2D eigenvalue weighted by molar-refractivity contribution is 0.491. The van der Waals surface area contributed by atoms with Crippen molar-refractivity contribution in [3.05, 3.63) is 24.0 Å². The van der Waals surface area contributed by atoms with Gasteiger partial charge in [0.15, 0.2) is 0 Å². The summed E-state index contributed by atoms with van der Waals surface area (Å²) in [6.07, 6.45) is 5.35. The standard InChI is InChI=1S/C12H22N2S/c1-3-15(4-2,13-9-5-6-10-13)14-11-7-8-12-14/h3-4H,1-2,5-12H2. The van der Waals surface area contributed by atoms with E-state index in [-0.39, 0.29) is 0 Å². The zero-order valence-electron chi connectivity index (χ0n) is 9.53. The fourth-order valence-corrected chi connectivity index (χ4v) is 5.61. The molecule has 0 saturated carbocycles. The summed E-state index contributed by atoms with van der Waals surface area (Å²) in [6, 6.07) is 0. The molecule has 0 N–H and O–H groups in total. The molecular formula is C12H22N2S. The molecule has 0 atom stereocenters. The molecule has 0 aliphatic carbocycles. The molecule has 0 aromatic rings. The van der Waals surface area contributed by atoms with Crippen LogP contribution in [0.3, 0.4) is 0 Å². The van der Waals surface area contributed by atoms with E-state index in [2.05, 4.69) is 32.6 Å². The molecule has 2 aliphatic heterocycles. The van der Waals surface area contributed by atoms with Crippen molar-refractivity contribution < 1.29 is 0 Å². The fraction of sp³-hybridized carbons (Fsp3) is 0.667. The highest BCUT2D eigenvalue weighted by Gasteiger charge is 2.35. The topological polar surface area (TPSA) is 6.48 Å². The highest BCUT2D eigenvalue weighted by atomic mass is 32.3. The van der Waals surface area contributed by atoms with Gasteiger partial charge in [-0.05, 0) is 36.5 Å². The molecule has 2 fully saturated rings. The Balaban J connectivity index is 2.20. The summed E-state index contributed by atoms with van der Waals surface area (Å²) in [5.74, 6) is 0. The molecule has 2 aliphatic rings. The third kappa shape index (κ3) is 1.88. The Hall–Kier alpha value is -0.250. The second-order valence-corrected chi connectivity index (χ2v) is 7.22. The summed E-state index contributed by atoms with van der Waals surface area (Å²) < 4.78 is 5.22. The first kappa shape index (κ1) is 11.2. The minimum atomic E-state index is -1.03. The minimum Gasteiger partial charge on any atom is -0.250 e. The molecule has 0 bridgehead atoms. The smallest absolute Gasteiger partial charge is 0.00917 e. The van der Waals surface area contributed by atoms with Crippen molar-refractivity contribution >= 4 is 10.4 Å². The average Bonchev–Trinajstić information content (AvgIpc) is 2.92. The molecule has 0 radical (unpaired) electrons. The zero-order chi connectivity index (χ0) is 10.7. The Labute approximate surface area is 95.2 Å². The van der Waals surface area contributed by atoms with Gasteiger partial charge in [-0.1, -0.05) is 23.6 Å². The number of hydrogen-bond donors (Lipinski definition) is 0. The van der Waals surface area contributed by atoms with Crippen molar-refractivity contribution in [3.63, 3.8) is 0 Å². The summed E-state index contributed by atoms with van der Waals surface area (Å²) in [5, 5.41) is 4.33. The van der Waals surface area contributed by atoms with Crippen LogP contribution in [0, 0.1) is 0 Å². The molecule has 0 spiro atoms. The molecule has 2 heterocycles. The summed E-state index contributed by atoms with van der Waals surface area (Å²) in [5.41, 5.74) is 0. The monoisotopic (exact) mass is 226 g/mol. The molecule has 3 heteroatoms. The van der Waals surface area contributed by atoms with Crippen LogP contribution in [0.1, 0.15) is 25.7 Å². The highest BCUT2D eigenvalue weighted by molar-refractivity contribution is 8.34. The fourth-order valence-electron chi connectivity index (χ4n) is 2.61. The van der Waals surface area contributed by atoms with Crippen molar-refractivity contribution in [2.24, 2.45) is 0 Å². The lowest BCUT2D eigenvalue weighted by atomic mass is 10.4. The molecular weight excluding hydrogens is 204 g/mol. The molecule has 86 valence electrons. The molecule has 2 nitrogen and oxygen atoms in total. The van der Waals surface area contributed by atoms with Gasteiger partial charge in [-0.3, -0.25) is 0 Å². The molecule has 0 unspecified atom stereocenters. The number of rotatable bonds is 4. The molecule has 15 heavy (non-hydrogen) atoms. The van der Waals surface area contributed by atoms with Crippen molar-refractivity contribution in [3.8, 4) is 0 Å².